The fourth-order valence-corrected chi connectivity index (χ4v) is 2.36. The topological polar surface area (TPSA) is 87.7 Å². The Kier molecular flexibility index (Phi) is 5.15. The van der Waals surface area contributed by atoms with Gasteiger partial charge in [-0.25, -0.2) is 9.18 Å². The third kappa shape index (κ3) is 3.97. The van der Waals surface area contributed by atoms with Crippen LogP contribution >= 0.6 is 0 Å². The second-order valence-electron chi connectivity index (χ2n) is 5.13. The minimum Gasteiger partial charge on any atom is -0.453 e. The predicted octanol–water partition coefficient (Wildman–Crippen LogP) is 1.81. The van der Waals surface area contributed by atoms with Crippen LogP contribution < -0.4 is 10.6 Å². The van der Waals surface area contributed by atoms with Gasteiger partial charge in [0.05, 0.1) is 18.7 Å². The number of methoxy groups -OCH3 is 1. The summed E-state index contributed by atoms with van der Waals surface area (Å²) in [5.41, 5.74) is 0.220. The van der Waals surface area contributed by atoms with Crippen molar-refractivity contribution >= 4 is 29.3 Å². The number of amides is 3. The summed E-state index contributed by atoms with van der Waals surface area (Å²) in [6.07, 6.45) is -0.652. The molecule has 0 aliphatic carbocycles. The molecule has 7 nitrogen and oxygen atoms in total. The molecule has 1 aliphatic heterocycles. The van der Waals surface area contributed by atoms with Crippen molar-refractivity contribution in [3.05, 3.63) is 24.0 Å². The van der Waals surface area contributed by atoms with Gasteiger partial charge in [-0.2, -0.15) is 0 Å². The van der Waals surface area contributed by atoms with Crippen LogP contribution in [0.3, 0.4) is 0 Å². The standard InChI is InChI=1S/C15H18FN3O4/c1-3-19-8-9(6-13(19)20)14(21)17-10-4-5-11(16)12(7-10)18-15(22)23-2/h4-5,7,9H,3,6,8H2,1-2H3,(H,17,21)(H,18,22)/t9-/m1/s1. The maximum Gasteiger partial charge on any atom is 0.411 e. The van der Waals surface area contributed by atoms with Gasteiger partial charge in [0.25, 0.3) is 0 Å². The summed E-state index contributed by atoms with van der Waals surface area (Å²) in [5, 5.41) is 4.85. The van der Waals surface area contributed by atoms with Gasteiger partial charge >= 0.3 is 6.09 Å². The summed E-state index contributed by atoms with van der Waals surface area (Å²) in [6, 6.07) is 3.79. The third-order valence-electron chi connectivity index (χ3n) is 3.62. The van der Waals surface area contributed by atoms with Crippen LogP contribution in [-0.4, -0.2) is 43.0 Å². The van der Waals surface area contributed by atoms with Crippen molar-refractivity contribution in [3.8, 4) is 0 Å². The maximum absolute atomic E-state index is 13.6. The molecule has 8 heteroatoms. The largest absolute Gasteiger partial charge is 0.453 e. The smallest absolute Gasteiger partial charge is 0.411 e. The Bertz CT molecular complexity index is 635. The van der Waals surface area contributed by atoms with E-state index in [1.54, 1.807) is 4.90 Å². The molecule has 1 fully saturated rings. The van der Waals surface area contributed by atoms with E-state index in [1.807, 2.05) is 6.92 Å². The van der Waals surface area contributed by atoms with E-state index >= 15 is 0 Å². The lowest BCUT2D eigenvalue weighted by molar-refractivity contribution is -0.128. The molecule has 2 rings (SSSR count). The molecule has 0 radical (unpaired) electrons. The summed E-state index contributed by atoms with van der Waals surface area (Å²) in [7, 11) is 1.16. The summed E-state index contributed by atoms with van der Waals surface area (Å²) in [5.74, 6) is -1.46. The number of nitrogens with zero attached hydrogens (tertiary/aromatic N) is 1. The van der Waals surface area contributed by atoms with Crippen LogP contribution in [0, 0.1) is 11.7 Å². The van der Waals surface area contributed by atoms with Crippen molar-refractivity contribution in [2.45, 2.75) is 13.3 Å². The number of hydrogen-bond acceptors (Lipinski definition) is 4. The van der Waals surface area contributed by atoms with E-state index in [0.717, 1.165) is 13.2 Å². The van der Waals surface area contributed by atoms with Gasteiger partial charge in [0.1, 0.15) is 5.82 Å². The highest BCUT2D eigenvalue weighted by Gasteiger charge is 2.33. The van der Waals surface area contributed by atoms with Gasteiger partial charge in [-0.1, -0.05) is 0 Å². The molecule has 0 bridgehead atoms. The predicted molar refractivity (Wildman–Crippen MR) is 81.4 cm³/mol. The normalized spacial score (nSPS) is 17.1. The van der Waals surface area contributed by atoms with Gasteiger partial charge in [-0.15, -0.1) is 0 Å². The van der Waals surface area contributed by atoms with E-state index in [1.165, 1.54) is 12.1 Å². The molecule has 124 valence electrons. The van der Waals surface area contributed by atoms with Gasteiger partial charge < -0.3 is 15.0 Å². The third-order valence-corrected chi connectivity index (χ3v) is 3.62. The number of nitrogens with one attached hydrogen (secondary N) is 2. The molecule has 1 atom stereocenters. The van der Waals surface area contributed by atoms with Crippen molar-refractivity contribution in [2.24, 2.45) is 5.92 Å². The van der Waals surface area contributed by atoms with E-state index in [-0.39, 0.29) is 23.9 Å². The zero-order valence-electron chi connectivity index (χ0n) is 12.9. The Hall–Kier alpha value is -2.64. The first-order valence-electron chi connectivity index (χ1n) is 7.17. The van der Waals surface area contributed by atoms with E-state index < -0.39 is 17.8 Å². The Morgan fingerprint density at radius 1 is 1.39 bits per heavy atom. The Labute approximate surface area is 132 Å². The molecule has 3 amide bonds. The summed E-state index contributed by atoms with van der Waals surface area (Å²) in [6.45, 7) is 2.78. The lowest BCUT2D eigenvalue weighted by atomic mass is 10.1. The second-order valence-corrected chi connectivity index (χ2v) is 5.13. The molecule has 23 heavy (non-hydrogen) atoms. The Morgan fingerprint density at radius 3 is 2.74 bits per heavy atom. The van der Waals surface area contributed by atoms with Crippen LogP contribution in [0.2, 0.25) is 0 Å². The first kappa shape index (κ1) is 16.7. The number of hydrogen-bond donors (Lipinski definition) is 2. The van der Waals surface area contributed by atoms with Gasteiger partial charge in [0, 0.05) is 25.2 Å². The SMILES string of the molecule is CCN1C[C@H](C(=O)Nc2ccc(F)c(NC(=O)OC)c2)CC1=O. The number of anilines is 2. The zero-order chi connectivity index (χ0) is 17.0. The zero-order valence-corrected chi connectivity index (χ0v) is 12.9. The molecule has 1 heterocycles. The number of carbonyl (C=O) groups is 3. The van der Waals surface area contributed by atoms with Crippen LogP contribution in [0.5, 0.6) is 0 Å². The number of halogens is 1. The summed E-state index contributed by atoms with van der Waals surface area (Å²) < 4.78 is 18.0. The molecule has 1 aliphatic rings. The summed E-state index contributed by atoms with van der Waals surface area (Å²) >= 11 is 0. The van der Waals surface area contributed by atoms with Crippen molar-refractivity contribution in [1.29, 1.82) is 0 Å². The van der Waals surface area contributed by atoms with Gasteiger partial charge in [0.15, 0.2) is 0 Å². The fraction of sp³-hybridized carbons (Fsp3) is 0.400. The van der Waals surface area contributed by atoms with Crippen molar-refractivity contribution in [3.63, 3.8) is 0 Å². The Morgan fingerprint density at radius 2 is 2.13 bits per heavy atom. The molecule has 0 aromatic heterocycles. The van der Waals surface area contributed by atoms with Crippen molar-refractivity contribution in [2.75, 3.05) is 30.8 Å². The molecular weight excluding hydrogens is 305 g/mol. The average molecular weight is 323 g/mol. The molecule has 1 aromatic rings. The number of ether oxygens (including phenoxy) is 1. The number of likely N-dealkylation sites (tertiary alicyclic amines) is 1. The van der Waals surface area contributed by atoms with Crippen molar-refractivity contribution < 1.29 is 23.5 Å². The van der Waals surface area contributed by atoms with E-state index in [0.29, 0.717) is 18.8 Å². The minimum atomic E-state index is -0.813. The van der Waals surface area contributed by atoms with E-state index in [4.69, 9.17) is 0 Å². The average Bonchev–Trinajstić information content (AvgIpc) is 2.91. The first-order chi connectivity index (χ1) is 10.9. The highest BCUT2D eigenvalue weighted by Crippen LogP contribution is 2.23. The molecule has 0 unspecified atom stereocenters. The van der Waals surface area contributed by atoms with Crippen LogP contribution in [0.25, 0.3) is 0 Å². The van der Waals surface area contributed by atoms with Crippen LogP contribution in [0.15, 0.2) is 18.2 Å². The fourth-order valence-electron chi connectivity index (χ4n) is 2.36. The molecule has 2 N–H and O–H groups in total. The monoisotopic (exact) mass is 323 g/mol. The quantitative estimate of drug-likeness (QED) is 0.884. The van der Waals surface area contributed by atoms with Gasteiger partial charge in [-0.3, -0.25) is 14.9 Å². The lowest BCUT2D eigenvalue weighted by Crippen LogP contribution is -2.28. The van der Waals surface area contributed by atoms with E-state index in [2.05, 4.69) is 15.4 Å². The van der Waals surface area contributed by atoms with Crippen LogP contribution in [-0.2, 0) is 14.3 Å². The second kappa shape index (κ2) is 7.08. The summed E-state index contributed by atoms with van der Waals surface area (Å²) in [4.78, 5) is 36.6. The van der Waals surface area contributed by atoms with E-state index in [9.17, 15) is 18.8 Å². The molecule has 1 aromatic carbocycles. The highest BCUT2D eigenvalue weighted by molar-refractivity contribution is 5.97. The van der Waals surface area contributed by atoms with Crippen LogP contribution in [0.1, 0.15) is 13.3 Å². The number of rotatable bonds is 4. The van der Waals surface area contributed by atoms with Gasteiger partial charge in [0.2, 0.25) is 11.8 Å². The molecule has 1 saturated heterocycles. The van der Waals surface area contributed by atoms with Crippen molar-refractivity contribution in [1.82, 2.24) is 4.90 Å². The Balaban J connectivity index is 2.05. The van der Waals surface area contributed by atoms with Gasteiger partial charge in [-0.05, 0) is 25.1 Å². The molecule has 0 saturated carbocycles. The number of carbonyl (C=O) groups excluding carboxylic acids is 3. The maximum atomic E-state index is 13.6. The minimum absolute atomic E-state index is 0.0557. The first-order valence-corrected chi connectivity index (χ1v) is 7.17. The molecule has 0 spiro atoms. The molecular formula is C15H18FN3O4. The highest BCUT2D eigenvalue weighted by atomic mass is 19.1. The lowest BCUT2D eigenvalue weighted by Gasteiger charge is -2.14. The van der Waals surface area contributed by atoms with Crippen LogP contribution in [0.4, 0.5) is 20.6 Å². The number of benzene rings is 1.